The van der Waals surface area contributed by atoms with Crippen LogP contribution in [0.25, 0.3) is 10.9 Å². The highest BCUT2D eigenvalue weighted by Crippen LogP contribution is 2.32. The standard InChI is InChI=1S/C16H15N3OS/c1-10-6-7-12(16(17)19-20)14(8-10)21-15-9-11-4-2-3-5-13(11)18-15/h2-9,18,20H,1H3,(H2,17,19). The number of benzene rings is 2. The molecule has 0 unspecified atom stereocenters. The molecule has 5 heteroatoms. The third-order valence-electron chi connectivity index (χ3n) is 3.25. The summed E-state index contributed by atoms with van der Waals surface area (Å²) in [7, 11) is 0. The summed E-state index contributed by atoms with van der Waals surface area (Å²) >= 11 is 1.57. The Hall–Kier alpha value is -2.40. The number of rotatable bonds is 3. The number of fused-ring (bicyclic) bond motifs is 1. The maximum atomic E-state index is 8.91. The minimum Gasteiger partial charge on any atom is -0.409 e. The molecule has 0 bridgehead atoms. The zero-order chi connectivity index (χ0) is 14.8. The first kappa shape index (κ1) is 13.6. The lowest BCUT2D eigenvalue weighted by molar-refractivity contribution is 0.318. The SMILES string of the molecule is Cc1ccc(/C(N)=N/O)c(Sc2cc3ccccc3[nH]2)c1. The van der Waals surface area contributed by atoms with Gasteiger partial charge in [-0.3, -0.25) is 0 Å². The van der Waals surface area contributed by atoms with E-state index in [0.29, 0.717) is 0 Å². The number of oxime groups is 1. The van der Waals surface area contributed by atoms with Gasteiger partial charge < -0.3 is 15.9 Å². The number of hydrogen-bond donors (Lipinski definition) is 3. The van der Waals surface area contributed by atoms with E-state index >= 15 is 0 Å². The van der Waals surface area contributed by atoms with E-state index in [9.17, 15) is 0 Å². The number of para-hydroxylation sites is 1. The molecule has 1 heterocycles. The van der Waals surface area contributed by atoms with Crippen molar-refractivity contribution in [1.82, 2.24) is 4.98 Å². The van der Waals surface area contributed by atoms with Gasteiger partial charge in [-0.1, -0.05) is 41.2 Å². The van der Waals surface area contributed by atoms with Crippen molar-refractivity contribution in [3.63, 3.8) is 0 Å². The predicted octanol–water partition coefficient (Wildman–Crippen LogP) is 3.72. The van der Waals surface area contributed by atoms with Gasteiger partial charge in [-0.05, 0) is 36.8 Å². The van der Waals surface area contributed by atoms with Crippen molar-refractivity contribution in [2.24, 2.45) is 10.9 Å². The second-order valence-electron chi connectivity index (χ2n) is 4.81. The molecule has 0 aliphatic heterocycles. The molecule has 21 heavy (non-hydrogen) atoms. The minimum atomic E-state index is 0.119. The molecule has 0 fully saturated rings. The molecule has 0 aliphatic rings. The summed E-state index contributed by atoms with van der Waals surface area (Å²) in [5, 5.41) is 14.2. The highest BCUT2D eigenvalue weighted by molar-refractivity contribution is 7.99. The molecular formula is C16H15N3OS. The van der Waals surface area contributed by atoms with E-state index in [0.717, 1.165) is 32.0 Å². The third kappa shape index (κ3) is 2.73. The largest absolute Gasteiger partial charge is 0.409 e. The molecule has 0 amide bonds. The monoisotopic (exact) mass is 297 g/mol. The lowest BCUT2D eigenvalue weighted by atomic mass is 10.1. The Labute approximate surface area is 126 Å². The minimum absolute atomic E-state index is 0.119. The van der Waals surface area contributed by atoms with Gasteiger partial charge in [0.2, 0.25) is 0 Å². The van der Waals surface area contributed by atoms with E-state index in [1.807, 2.05) is 43.3 Å². The highest BCUT2D eigenvalue weighted by Gasteiger charge is 2.10. The molecule has 106 valence electrons. The van der Waals surface area contributed by atoms with Crippen LogP contribution in [0.4, 0.5) is 0 Å². The Bertz CT molecular complexity index is 790. The summed E-state index contributed by atoms with van der Waals surface area (Å²) in [5.41, 5.74) is 8.70. The van der Waals surface area contributed by atoms with E-state index in [-0.39, 0.29) is 5.84 Å². The number of aryl methyl sites for hydroxylation is 1. The molecule has 1 aromatic heterocycles. The number of aromatic nitrogens is 1. The molecule has 2 aromatic carbocycles. The number of hydrogen-bond acceptors (Lipinski definition) is 3. The van der Waals surface area contributed by atoms with Crippen LogP contribution >= 0.6 is 11.8 Å². The van der Waals surface area contributed by atoms with Crippen LogP contribution in [0.1, 0.15) is 11.1 Å². The fourth-order valence-corrected chi connectivity index (χ4v) is 3.31. The van der Waals surface area contributed by atoms with Gasteiger partial charge >= 0.3 is 0 Å². The van der Waals surface area contributed by atoms with E-state index in [4.69, 9.17) is 10.9 Å². The van der Waals surface area contributed by atoms with E-state index in [1.165, 1.54) is 0 Å². The molecule has 3 aromatic rings. The van der Waals surface area contributed by atoms with Crippen LogP contribution in [-0.2, 0) is 0 Å². The first-order valence-electron chi connectivity index (χ1n) is 6.51. The van der Waals surface area contributed by atoms with Crippen molar-refractivity contribution in [3.8, 4) is 0 Å². The van der Waals surface area contributed by atoms with Gasteiger partial charge in [0.1, 0.15) is 0 Å². The smallest absolute Gasteiger partial charge is 0.171 e. The molecule has 0 saturated carbocycles. The Morgan fingerprint density at radius 1 is 1.19 bits per heavy atom. The van der Waals surface area contributed by atoms with E-state index in [2.05, 4.69) is 22.3 Å². The summed E-state index contributed by atoms with van der Waals surface area (Å²) < 4.78 is 0. The van der Waals surface area contributed by atoms with Crippen LogP contribution in [0, 0.1) is 6.92 Å². The van der Waals surface area contributed by atoms with Crippen molar-refractivity contribution >= 4 is 28.5 Å². The maximum Gasteiger partial charge on any atom is 0.171 e. The molecule has 0 aliphatic carbocycles. The normalized spacial score (nSPS) is 12.0. The molecule has 0 atom stereocenters. The number of nitrogens with zero attached hydrogens (tertiary/aromatic N) is 1. The van der Waals surface area contributed by atoms with Gasteiger partial charge in [-0.25, -0.2) is 0 Å². The molecule has 3 rings (SSSR count). The summed E-state index contributed by atoms with van der Waals surface area (Å²) in [5.74, 6) is 0.119. The second kappa shape index (κ2) is 5.54. The Kier molecular flexibility index (Phi) is 3.58. The summed E-state index contributed by atoms with van der Waals surface area (Å²) in [4.78, 5) is 4.32. The van der Waals surface area contributed by atoms with Gasteiger partial charge in [0, 0.05) is 21.4 Å². The molecule has 0 radical (unpaired) electrons. The van der Waals surface area contributed by atoms with Gasteiger partial charge in [0.25, 0.3) is 0 Å². The van der Waals surface area contributed by atoms with Crippen molar-refractivity contribution in [2.75, 3.05) is 0 Å². The average Bonchev–Trinajstić information content (AvgIpc) is 2.89. The summed E-state index contributed by atoms with van der Waals surface area (Å²) in [6.07, 6.45) is 0. The number of aromatic amines is 1. The van der Waals surface area contributed by atoms with Gasteiger partial charge in [-0.2, -0.15) is 0 Å². The maximum absolute atomic E-state index is 8.91. The predicted molar refractivity (Wildman–Crippen MR) is 86.1 cm³/mol. The zero-order valence-corrected chi connectivity index (χ0v) is 12.3. The van der Waals surface area contributed by atoms with Crippen LogP contribution in [0.15, 0.2) is 63.6 Å². The van der Waals surface area contributed by atoms with Gasteiger partial charge in [-0.15, -0.1) is 0 Å². The van der Waals surface area contributed by atoms with Crippen LogP contribution in [-0.4, -0.2) is 16.0 Å². The molecule has 4 nitrogen and oxygen atoms in total. The fraction of sp³-hybridized carbons (Fsp3) is 0.0625. The molecular weight excluding hydrogens is 282 g/mol. The molecule has 0 saturated heterocycles. The van der Waals surface area contributed by atoms with Crippen molar-refractivity contribution in [3.05, 3.63) is 59.7 Å². The summed E-state index contributed by atoms with van der Waals surface area (Å²) in [6, 6.07) is 16.1. The first-order chi connectivity index (χ1) is 10.2. The summed E-state index contributed by atoms with van der Waals surface area (Å²) in [6.45, 7) is 2.02. The number of nitrogens with one attached hydrogen (secondary N) is 1. The van der Waals surface area contributed by atoms with Gasteiger partial charge in [0.15, 0.2) is 5.84 Å². The second-order valence-corrected chi connectivity index (χ2v) is 5.89. The van der Waals surface area contributed by atoms with E-state index in [1.54, 1.807) is 11.8 Å². The highest BCUT2D eigenvalue weighted by atomic mass is 32.2. The van der Waals surface area contributed by atoms with Crippen molar-refractivity contribution in [2.45, 2.75) is 16.8 Å². The molecule has 0 spiro atoms. The number of nitrogens with two attached hydrogens (primary N) is 1. The fourth-order valence-electron chi connectivity index (χ4n) is 2.20. The van der Waals surface area contributed by atoms with Crippen molar-refractivity contribution in [1.29, 1.82) is 0 Å². The van der Waals surface area contributed by atoms with Crippen molar-refractivity contribution < 1.29 is 5.21 Å². The van der Waals surface area contributed by atoms with Crippen LogP contribution < -0.4 is 5.73 Å². The average molecular weight is 297 g/mol. The topological polar surface area (TPSA) is 74.4 Å². The lowest BCUT2D eigenvalue weighted by Crippen LogP contribution is -2.14. The Balaban J connectivity index is 2.02. The first-order valence-corrected chi connectivity index (χ1v) is 7.33. The van der Waals surface area contributed by atoms with Crippen LogP contribution in [0.3, 0.4) is 0 Å². The Morgan fingerprint density at radius 2 is 2.00 bits per heavy atom. The zero-order valence-electron chi connectivity index (χ0n) is 11.5. The number of amidine groups is 1. The van der Waals surface area contributed by atoms with Crippen LogP contribution in [0.5, 0.6) is 0 Å². The molecule has 4 N–H and O–H groups in total. The van der Waals surface area contributed by atoms with Crippen LogP contribution in [0.2, 0.25) is 0 Å². The quantitative estimate of drug-likeness (QED) is 0.298. The number of H-pyrrole nitrogens is 1. The lowest BCUT2D eigenvalue weighted by Gasteiger charge is -2.08. The van der Waals surface area contributed by atoms with E-state index < -0.39 is 0 Å². The van der Waals surface area contributed by atoms with Gasteiger partial charge in [0.05, 0.1) is 5.03 Å². The Morgan fingerprint density at radius 3 is 2.76 bits per heavy atom. The third-order valence-corrected chi connectivity index (χ3v) is 4.24.